The van der Waals surface area contributed by atoms with E-state index in [0.717, 1.165) is 24.8 Å². The predicted octanol–water partition coefficient (Wildman–Crippen LogP) is 7.06. The smallest absolute Gasteiger partial charge is 0.340 e. The average Bonchev–Trinajstić information content (AvgIpc) is 3.93. The fourth-order valence-electron chi connectivity index (χ4n) is 4.98. The quantitative estimate of drug-likeness (QED) is 0.0875. The van der Waals surface area contributed by atoms with Crippen molar-refractivity contribution >= 4 is 69.3 Å². The van der Waals surface area contributed by atoms with Gasteiger partial charge in [-0.15, -0.1) is 0 Å². The number of aromatic carboxylic acids is 1. The number of nitrogens with zero attached hydrogens (tertiary/aromatic N) is 7. The Kier molecular flexibility index (Phi) is 17.1. The van der Waals surface area contributed by atoms with Gasteiger partial charge in [-0.25, -0.2) is 44.3 Å². The Morgan fingerprint density at radius 1 is 0.709 bits per heavy atom. The molecule has 0 aliphatic carbocycles. The fourth-order valence-corrected chi connectivity index (χ4v) is 6.49. The van der Waals surface area contributed by atoms with Crippen molar-refractivity contribution < 1.29 is 38.4 Å². The molecule has 4 aromatic heterocycles. The molecule has 4 aromatic rings. The van der Waals surface area contributed by atoms with Crippen molar-refractivity contribution in [2.75, 3.05) is 34.0 Å². The molecule has 2 aliphatic rings. The highest BCUT2D eigenvalue weighted by molar-refractivity contribution is 6.76. The van der Waals surface area contributed by atoms with E-state index in [1.165, 1.54) is 32.5 Å². The first-order valence-electron chi connectivity index (χ1n) is 18.0. The van der Waals surface area contributed by atoms with Crippen LogP contribution >= 0.6 is 0 Å². The molecule has 0 spiro atoms. The van der Waals surface area contributed by atoms with E-state index in [1.807, 2.05) is 6.92 Å². The number of carboxylic acids is 1. The predicted molar refractivity (Wildman–Crippen MR) is 218 cm³/mol. The molecule has 296 valence electrons. The zero-order valence-corrected chi connectivity index (χ0v) is 35.3. The molecule has 0 saturated heterocycles. The monoisotopic (exact) mass is 791 g/mol. The van der Waals surface area contributed by atoms with Gasteiger partial charge in [-0.2, -0.15) is 0 Å². The number of fused-ring (bicyclic) bond motifs is 3. The normalized spacial score (nSPS) is 12.3. The van der Waals surface area contributed by atoms with E-state index in [0.29, 0.717) is 71.2 Å². The van der Waals surface area contributed by atoms with Crippen LogP contribution in [0, 0.1) is 0 Å². The Labute approximate surface area is 324 Å². The molecule has 6 rings (SSSR count). The highest BCUT2D eigenvalue weighted by Crippen LogP contribution is 2.25. The van der Waals surface area contributed by atoms with Gasteiger partial charge in [0.2, 0.25) is 0 Å². The van der Waals surface area contributed by atoms with Crippen LogP contribution in [0.5, 0.6) is 0 Å². The first-order chi connectivity index (χ1) is 26.1. The van der Waals surface area contributed by atoms with Gasteiger partial charge in [-0.3, -0.25) is 0 Å². The van der Waals surface area contributed by atoms with Crippen LogP contribution in [0.25, 0.3) is 11.2 Å². The van der Waals surface area contributed by atoms with Crippen LogP contribution < -0.4 is 0 Å². The molecule has 0 radical (unpaired) electrons. The lowest BCUT2D eigenvalue weighted by Crippen LogP contribution is -2.22. The Morgan fingerprint density at radius 2 is 1.20 bits per heavy atom. The van der Waals surface area contributed by atoms with Crippen LogP contribution in [0.3, 0.4) is 0 Å². The molecule has 2 aliphatic heterocycles. The molecule has 1 N–H and O–H groups in total. The van der Waals surface area contributed by atoms with Crippen LogP contribution in [-0.2, 0) is 38.5 Å². The molecular formula is C38H53N7O8Si2. The zero-order valence-electron chi connectivity index (χ0n) is 33.3. The molecule has 0 aromatic carbocycles. The maximum absolute atomic E-state index is 11.8. The summed E-state index contributed by atoms with van der Waals surface area (Å²) in [5, 5.41) is 8.77. The van der Waals surface area contributed by atoms with Gasteiger partial charge in [0.15, 0.2) is 17.3 Å². The van der Waals surface area contributed by atoms with Gasteiger partial charge in [-0.05, 0) is 37.2 Å². The lowest BCUT2D eigenvalue weighted by molar-refractivity contribution is 0.0591. The standard InChI is InChI=1S/C14H21N3O3Si.C9H8N2O2.C8H6N2O2.C7H18OSi/c1-19-14(18)11-5-6-15-13-12(11)17(9-16-13)10-20-7-8-21(2,3)4;1-13-9(12)7-3-5-11-8-6(7)2-4-10-8;11-8(12)6-2-4-10-7-5(6)1-3-9-7;1-5-8-6-7-9(2,3)4/h5-6,9H,7-8,10H2,1-4H3;3-5H,2H2,1H3;2-4H,1H2,(H,11,12);5-7H2,1-4H3. The van der Waals surface area contributed by atoms with E-state index in [1.54, 1.807) is 47.9 Å². The maximum atomic E-state index is 11.8. The van der Waals surface area contributed by atoms with Gasteiger partial charge in [0, 0.05) is 91.0 Å². The number of ether oxygens (including phenoxy) is 4. The number of pyridine rings is 3. The molecule has 0 fully saturated rings. The molecule has 15 nitrogen and oxygen atoms in total. The largest absolute Gasteiger partial charge is 0.478 e. The highest BCUT2D eigenvalue weighted by Gasteiger charge is 2.19. The van der Waals surface area contributed by atoms with E-state index in [9.17, 15) is 14.4 Å². The number of carbonyl (C=O) groups excluding carboxylic acids is 2. The van der Waals surface area contributed by atoms with E-state index in [-0.39, 0.29) is 5.97 Å². The Balaban J connectivity index is 0.000000208. The number of carboxylic acid groups (broad SMARTS) is 1. The van der Waals surface area contributed by atoms with Crippen LogP contribution in [0.4, 0.5) is 11.6 Å². The van der Waals surface area contributed by atoms with Crippen molar-refractivity contribution in [2.24, 2.45) is 9.98 Å². The molecule has 0 atom stereocenters. The second-order valence-corrected chi connectivity index (χ2v) is 26.0. The lowest BCUT2D eigenvalue weighted by Gasteiger charge is -2.15. The van der Waals surface area contributed by atoms with Crippen molar-refractivity contribution in [1.29, 1.82) is 0 Å². The van der Waals surface area contributed by atoms with Crippen LogP contribution in [0.15, 0.2) is 53.1 Å². The van der Waals surface area contributed by atoms with Crippen LogP contribution in [-0.4, -0.2) is 110 Å². The highest BCUT2D eigenvalue weighted by atomic mass is 28.3. The molecule has 0 bridgehead atoms. The third-order valence-corrected chi connectivity index (χ3v) is 11.5. The van der Waals surface area contributed by atoms with Crippen LogP contribution in [0.1, 0.15) is 49.1 Å². The van der Waals surface area contributed by atoms with Gasteiger partial charge in [0.1, 0.15) is 12.2 Å². The number of esters is 2. The summed E-state index contributed by atoms with van der Waals surface area (Å²) in [5.74, 6) is -0.479. The SMILES string of the molecule is CCOCC[Si](C)(C)C.COC(=O)c1ccnc2c1CC=N2.COC(=O)c1ccnc2ncn(COCC[Si](C)(C)C)c12.O=C(O)c1ccnc2c1CC=N2. The van der Waals surface area contributed by atoms with E-state index < -0.39 is 28.1 Å². The van der Waals surface area contributed by atoms with E-state index >= 15 is 0 Å². The van der Waals surface area contributed by atoms with Crippen molar-refractivity contribution in [2.45, 2.75) is 77.9 Å². The molecule has 17 heteroatoms. The summed E-state index contributed by atoms with van der Waals surface area (Å²) >= 11 is 0. The summed E-state index contributed by atoms with van der Waals surface area (Å²) in [5.41, 5.74) is 4.06. The van der Waals surface area contributed by atoms with Crippen molar-refractivity contribution in [3.05, 3.63) is 70.9 Å². The summed E-state index contributed by atoms with van der Waals surface area (Å²) in [6.07, 6.45) is 10.9. The summed E-state index contributed by atoms with van der Waals surface area (Å²) in [6, 6.07) is 7.17. The number of hydrogen-bond acceptors (Lipinski definition) is 13. The minimum atomic E-state index is -1.10. The molecule has 0 amide bonds. The number of hydrogen-bond donors (Lipinski definition) is 1. The van der Waals surface area contributed by atoms with E-state index in [2.05, 4.69) is 73.9 Å². The van der Waals surface area contributed by atoms with Crippen LogP contribution in [0.2, 0.25) is 51.4 Å². The Morgan fingerprint density at radius 3 is 1.73 bits per heavy atom. The topological polar surface area (TPSA) is 190 Å². The number of aromatic nitrogens is 5. The number of carbonyl (C=O) groups is 3. The minimum Gasteiger partial charge on any atom is -0.478 e. The third-order valence-electron chi connectivity index (χ3n) is 8.06. The fraction of sp³-hybridized carbons (Fsp3) is 0.447. The average molecular weight is 792 g/mol. The number of rotatable bonds is 12. The second-order valence-electron chi connectivity index (χ2n) is 14.7. The number of imidazole rings is 1. The summed E-state index contributed by atoms with van der Waals surface area (Å²) < 4.78 is 22.2. The molecule has 0 unspecified atom stereocenters. The van der Waals surface area contributed by atoms with Gasteiger partial charge in [0.25, 0.3) is 0 Å². The summed E-state index contributed by atoms with van der Waals surface area (Å²) in [7, 11) is 0.804. The first-order valence-corrected chi connectivity index (χ1v) is 25.4. The zero-order chi connectivity index (χ0) is 40.6. The number of methoxy groups -OCH3 is 2. The first kappa shape index (κ1) is 44.4. The maximum Gasteiger partial charge on any atom is 0.340 e. The van der Waals surface area contributed by atoms with Gasteiger partial charge < -0.3 is 28.6 Å². The third kappa shape index (κ3) is 14.0. The molecular weight excluding hydrogens is 739 g/mol. The summed E-state index contributed by atoms with van der Waals surface area (Å²) in [4.78, 5) is 58.1. The van der Waals surface area contributed by atoms with Gasteiger partial charge in [-0.1, -0.05) is 39.3 Å². The Bertz CT molecular complexity index is 1970. The van der Waals surface area contributed by atoms with Gasteiger partial charge >= 0.3 is 17.9 Å². The molecule has 6 heterocycles. The lowest BCUT2D eigenvalue weighted by atomic mass is 10.1. The van der Waals surface area contributed by atoms with E-state index in [4.69, 9.17) is 19.3 Å². The number of aliphatic imine (C=N–C) groups is 2. The summed E-state index contributed by atoms with van der Waals surface area (Å²) in [6.45, 7) is 19.0. The Hall–Kier alpha value is -4.98. The second kappa shape index (κ2) is 21.2. The molecule has 55 heavy (non-hydrogen) atoms. The van der Waals surface area contributed by atoms with Crippen molar-refractivity contribution in [3.8, 4) is 0 Å². The van der Waals surface area contributed by atoms with Gasteiger partial charge in [0.05, 0.1) is 37.2 Å². The molecule has 0 saturated carbocycles. The van der Waals surface area contributed by atoms with Crippen molar-refractivity contribution in [1.82, 2.24) is 24.5 Å². The minimum absolute atomic E-state index is 0.303. The van der Waals surface area contributed by atoms with Crippen molar-refractivity contribution in [3.63, 3.8) is 0 Å².